The molecule has 3 heterocycles. The van der Waals surface area contributed by atoms with Gasteiger partial charge in [0.15, 0.2) is 5.11 Å². The molecule has 138 valence electrons. The maximum absolute atomic E-state index is 9.57. The van der Waals surface area contributed by atoms with Crippen LogP contribution in [0.25, 0.3) is 5.69 Å². The number of thiocarbonyl (C=S) groups is 1. The number of hydrogen-bond acceptors (Lipinski definition) is 3. The molecule has 0 amide bonds. The standard InChI is InChI=1S/C20H19ClN4OS/c21-14-5-3-6-15(13-14)24-10-4-8-17(24)19-18(16-7-1-2-9-22-16)23-20(27)25(19)11-12-26/h1-10,13,18-19,26H,11-12H2,(H,23,27)/t18-,19-/m0/s1. The highest BCUT2D eigenvalue weighted by Gasteiger charge is 2.40. The van der Waals surface area contributed by atoms with Crippen molar-refractivity contribution in [2.45, 2.75) is 12.1 Å². The van der Waals surface area contributed by atoms with E-state index in [0.29, 0.717) is 16.7 Å². The van der Waals surface area contributed by atoms with Gasteiger partial charge in [0.25, 0.3) is 0 Å². The average molecular weight is 399 g/mol. The summed E-state index contributed by atoms with van der Waals surface area (Å²) in [6, 6.07) is 17.4. The fourth-order valence-electron chi connectivity index (χ4n) is 3.57. The van der Waals surface area contributed by atoms with Crippen molar-refractivity contribution in [1.82, 2.24) is 19.8 Å². The minimum atomic E-state index is -0.113. The number of pyridine rings is 1. The molecule has 0 aliphatic carbocycles. The van der Waals surface area contributed by atoms with Crippen molar-refractivity contribution in [3.05, 3.63) is 83.4 Å². The van der Waals surface area contributed by atoms with E-state index in [0.717, 1.165) is 17.1 Å². The number of rotatable bonds is 5. The Morgan fingerprint density at radius 3 is 2.78 bits per heavy atom. The van der Waals surface area contributed by atoms with Gasteiger partial charge in [-0.2, -0.15) is 0 Å². The van der Waals surface area contributed by atoms with Crippen LogP contribution in [0.4, 0.5) is 0 Å². The first kappa shape index (κ1) is 18.0. The number of benzene rings is 1. The number of halogens is 1. The second-order valence-corrected chi connectivity index (χ2v) is 7.15. The number of aliphatic hydroxyl groups is 1. The summed E-state index contributed by atoms with van der Waals surface area (Å²) in [4.78, 5) is 6.54. The number of β-amino-alcohol motifs (C(OH)–C–C–N with tert-alkyl or cyclic N) is 1. The molecule has 2 aromatic heterocycles. The average Bonchev–Trinajstić information content (AvgIpc) is 3.28. The van der Waals surface area contributed by atoms with Crippen LogP contribution in [0.2, 0.25) is 5.02 Å². The highest BCUT2D eigenvalue weighted by atomic mass is 35.5. The molecule has 2 N–H and O–H groups in total. The molecule has 27 heavy (non-hydrogen) atoms. The zero-order chi connectivity index (χ0) is 18.8. The van der Waals surface area contributed by atoms with Crippen LogP contribution < -0.4 is 5.32 Å². The number of nitrogens with zero attached hydrogens (tertiary/aromatic N) is 3. The fraction of sp³-hybridized carbons (Fsp3) is 0.200. The van der Waals surface area contributed by atoms with E-state index in [4.69, 9.17) is 23.8 Å². The van der Waals surface area contributed by atoms with Crippen molar-refractivity contribution in [2.24, 2.45) is 0 Å². The van der Waals surface area contributed by atoms with E-state index in [1.807, 2.05) is 59.6 Å². The Balaban J connectivity index is 1.81. The molecule has 0 bridgehead atoms. The molecule has 1 saturated heterocycles. The lowest BCUT2D eigenvalue weighted by Gasteiger charge is -2.28. The molecule has 1 aliphatic rings. The largest absolute Gasteiger partial charge is 0.395 e. The first-order chi connectivity index (χ1) is 13.2. The van der Waals surface area contributed by atoms with Gasteiger partial charge in [-0.15, -0.1) is 0 Å². The van der Waals surface area contributed by atoms with Crippen LogP contribution in [0.15, 0.2) is 67.0 Å². The molecule has 1 aliphatic heterocycles. The first-order valence-electron chi connectivity index (χ1n) is 8.71. The van der Waals surface area contributed by atoms with E-state index in [9.17, 15) is 5.11 Å². The highest BCUT2D eigenvalue weighted by Crippen LogP contribution is 2.39. The predicted molar refractivity (Wildman–Crippen MR) is 110 cm³/mol. The van der Waals surface area contributed by atoms with E-state index in [2.05, 4.69) is 20.9 Å². The van der Waals surface area contributed by atoms with Gasteiger partial charge >= 0.3 is 0 Å². The predicted octanol–water partition coefficient (Wildman–Crippen LogP) is 3.49. The Morgan fingerprint density at radius 1 is 1.15 bits per heavy atom. The Hall–Kier alpha value is -2.41. The van der Waals surface area contributed by atoms with E-state index in [1.54, 1.807) is 6.20 Å². The Labute approximate surface area is 168 Å². The molecule has 1 fully saturated rings. The fourth-order valence-corrected chi connectivity index (χ4v) is 4.09. The van der Waals surface area contributed by atoms with Crippen LogP contribution in [-0.4, -0.2) is 37.8 Å². The Bertz CT molecular complexity index is 946. The van der Waals surface area contributed by atoms with Gasteiger partial charge in [-0.1, -0.05) is 23.7 Å². The van der Waals surface area contributed by atoms with Gasteiger partial charge in [0.1, 0.15) is 0 Å². The molecule has 2 atom stereocenters. The molecule has 1 aromatic carbocycles. The quantitative estimate of drug-likeness (QED) is 0.644. The van der Waals surface area contributed by atoms with Crippen LogP contribution in [0, 0.1) is 0 Å². The highest BCUT2D eigenvalue weighted by molar-refractivity contribution is 7.80. The summed E-state index contributed by atoms with van der Waals surface area (Å²) in [5, 5.41) is 14.2. The summed E-state index contributed by atoms with van der Waals surface area (Å²) in [5.74, 6) is 0. The zero-order valence-electron chi connectivity index (χ0n) is 14.5. The van der Waals surface area contributed by atoms with E-state index in [-0.39, 0.29) is 18.7 Å². The van der Waals surface area contributed by atoms with Crippen molar-refractivity contribution in [3.8, 4) is 5.69 Å². The molecule has 0 saturated carbocycles. The molecular weight excluding hydrogens is 380 g/mol. The van der Waals surface area contributed by atoms with Gasteiger partial charge in [-0.3, -0.25) is 4.98 Å². The summed E-state index contributed by atoms with van der Waals surface area (Å²) in [5.41, 5.74) is 2.93. The lowest BCUT2D eigenvalue weighted by atomic mass is 10.0. The zero-order valence-corrected chi connectivity index (χ0v) is 16.1. The number of aliphatic hydroxyl groups excluding tert-OH is 1. The lowest BCUT2D eigenvalue weighted by molar-refractivity contribution is 0.220. The van der Waals surface area contributed by atoms with Crippen LogP contribution in [0.1, 0.15) is 23.5 Å². The minimum absolute atomic E-state index is 0.0190. The Morgan fingerprint density at radius 2 is 2.04 bits per heavy atom. The Kier molecular flexibility index (Phi) is 5.11. The van der Waals surface area contributed by atoms with E-state index >= 15 is 0 Å². The normalized spacial score (nSPS) is 19.3. The van der Waals surface area contributed by atoms with E-state index < -0.39 is 0 Å². The molecule has 4 rings (SSSR count). The second kappa shape index (κ2) is 7.68. The molecule has 3 aromatic rings. The monoisotopic (exact) mass is 398 g/mol. The lowest BCUT2D eigenvalue weighted by Crippen LogP contribution is -2.32. The van der Waals surface area contributed by atoms with Gasteiger partial charge < -0.3 is 19.9 Å². The molecule has 0 radical (unpaired) electrons. The third-order valence-electron chi connectivity index (χ3n) is 4.71. The molecular formula is C20H19ClN4OS. The third kappa shape index (κ3) is 3.43. The van der Waals surface area contributed by atoms with Crippen molar-refractivity contribution < 1.29 is 5.11 Å². The van der Waals surface area contributed by atoms with Crippen LogP contribution in [0.3, 0.4) is 0 Å². The second-order valence-electron chi connectivity index (χ2n) is 6.33. The van der Waals surface area contributed by atoms with Crippen molar-refractivity contribution in [3.63, 3.8) is 0 Å². The number of hydrogen-bond donors (Lipinski definition) is 2. The van der Waals surface area contributed by atoms with Crippen LogP contribution in [-0.2, 0) is 0 Å². The van der Waals surface area contributed by atoms with Gasteiger partial charge in [0.05, 0.1) is 24.4 Å². The summed E-state index contributed by atoms with van der Waals surface area (Å²) in [6.45, 7) is 0.464. The van der Waals surface area contributed by atoms with Gasteiger partial charge in [-0.05, 0) is 54.7 Å². The summed E-state index contributed by atoms with van der Waals surface area (Å²) < 4.78 is 2.10. The van der Waals surface area contributed by atoms with Gasteiger partial charge in [-0.25, -0.2) is 0 Å². The van der Waals surface area contributed by atoms with Crippen molar-refractivity contribution in [2.75, 3.05) is 13.2 Å². The maximum Gasteiger partial charge on any atom is 0.170 e. The van der Waals surface area contributed by atoms with Gasteiger partial charge in [0.2, 0.25) is 0 Å². The smallest absolute Gasteiger partial charge is 0.170 e. The van der Waals surface area contributed by atoms with Crippen LogP contribution >= 0.6 is 23.8 Å². The first-order valence-corrected chi connectivity index (χ1v) is 9.50. The van der Waals surface area contributed by atoms with Crippen molar-refractivity contribution in [1.29, 1.82) is 0 Å². The van der Waals surface area contributed by atoms with E-state index in [1.165, 1.54) is 0 Å². The number of aromatic nitrogens is 2. The molecule has 0 spiro atoms. The van der Waals surface area contributed by atoms with Gasteiger partial charge in [0, 0.05) is 35.3 Å². The molecule has 0 unspecified atom stereocenters. The minimum Gasteiger partial charge on any atom is -0.395 e. The van der Waals surface area contributed by atoms with Crippen molar-refractivity contribution >= 4 is 28.9 Å². The topological polar surface area (TPSA) is 53.3 Å². The summed E-state index contributed by atoms with van der Waals surface area (Å²) in [7, 11) is 0. The van der Waals surface area contributed by atoms with Crippen LogP contribution in [0.5, 0.6) is 0 Å². The molecule has 7 heteroatoms. The number of nitrogens with one attached hydrogen (secondary N) is 1. The maximum atomic E-state index is 9.57. The summed E-state index contributed by atoms with van der Waals surface area (Å²) in [6.07, 6.45) is 3.79. The SMILES string of the molecule is OCCN1C(=S)N[C@@H](c2ccccn2)[C@@H]1c1cccn1-c1cccc(Cl)c1. The third-order valence-corrected chi connectivity index (χ3v) is 5.30. The summed E-state index contributed by atoms with van der Waals surface area (Å²) >= 11 is 11.8. The molecule has 5 nitrogen and oxygen atoms in total.